The van der Waals surface area contributed by atoms with E-state index >= 15 is 0 Å². The molecule has 0 bridgehead atoms. The lowest BCUT2D eigenvalue weighted by Gasteiger charge is -2.28. The molecule has 2 heterocycles. The van der Waals surface area contributed by atoms with E-state index in [1.165, 1.54) is 31.4 Å². The van der Waals surface area contributed by atoms with Gasteiger partial charge in [-0.3, -0.25) is 4.99 Å². The van der Waals surface area contributed by atoms with Gasteiger partial charge in [0.2, 0.25) is 0 Å². The maximum atomic E-state index is 13.3. The predicted octanol–water partition coefficient (Wildman–Crippen LogP) is 3.08. The Balaban J connectivity index is 1.53. The molecule has 0 spiro atoms. The molecule has 0 aliphatic carbocycles. The summed E-state index contributed by atoms with van der Waals surface area (Å²) >= 11 is 0. The molecule has 138 valence electrons. The highest BCUT2D eigenvalue weighted by atomic mass is 19.1. The van der Waals surface area contributed by atoms with Crippen molar-refractivity contribution < 1.29 is 4.39 Å². The molecule has 0 amide bonds. The first-order valence-electron chi connectivity index (χ1n) is 9.13. The summed E-state index contributed by atoms with van der Waals surface area (Å²) in [5.74, 6) is 1.51. The van der Waals surface area contributed by atoms with Gasteiger partial charge in [-0.05, 0) is 54.7 Å². The van der Waals surface area contributed by atoms with E-state index in [4.69, 9.17) is 0 Å². The number of rotatable bonds is 5. The first-order chi connectivity index (χ1) is 12.7. The summed E-state index contributed by atoms with van der Waals surface area (Å²) in [6.45, 7) is 3.35. The molecule has 1 aromatic carbocycles. The molecule has 0 atom stereocenters. The summed E-state index contributed by atoms with van der Waals surface area (Å²) in [6.07, 6.45) is 5.65. The number of guanidine groups is 1. The van der Waals surface area contributed by atoms with Gasteiger partial charge in [0.1, 0.15) is 11.6 Å². The second kappa shape index (κ2) is 9.17. The number of aromatic nitrogens is 1. The van der Waals surface area contributed by atoms with Gasteiger partial charge in [0.15, 0.2) is 5.96 Å². The van der Waals surface area contributed by atoms with Crippen molar-refractivity contribution >= 4 is 11.8 Å². The minimum Gasteiger partial charge on any atom is -0.357 e. The first kappa shape index (κ1) is 18.2. The van der Waals surface area contributed by atoms with Crippen LogP contribution >= 0.6 is 0 Å². The fraction of sp³-hybridized carbons (Fsp3) is 0.400. The molecule has 26 heavy (non-hydrogen) atoms. The minimum absolute atomic E-state index is 0.228. The van der Waals surface area contributed by atoms with Crippen LogP contribution in [-0.2, 0) is 13.1 Å². The molecule has 1 saturated heterocycles. The predicted molar refractivity (Wildman–Crippen MR) is 104 cm³/mol. The van der Waals surface area contributed by atoms with Crippen LogP contribution in [0.15, 0.2) is 47.6 Å². The topological polar surface area (TPSA) is 52.6 Å². The second-order valence-electron chi connectivity index (χ2n) is 6.48. The van der Waals surface area contributed by atoms with Crippen LogP contribution in [0.3, 0.4) is 0 Å². The average Bonchev–Trinajstić information content (AvgIpc) is 2.69. The normalized spacial score (nSPS) is 15.0. The highest BCUT2D eigenvalue weighted by Gasteiger charge is 2.12. The van der Waals surface area contributed by atoms with Crippen molar-refractivity contribution in [2.45, 2.75) is 32.4 Å². The van der Waals surface area contributed by atoms with Gasteiger partial charge in [0, 0.05) is 39.4 Å². The Kier molecular flexibility index (Phi) is 6.41. The maximum Gasteiger partial charge on any atom is 0.191 e. The molecule has 3 rings (SSSR count). The Morgan fingerprint density at radius 3 is 2.50 bits per heavy atom. The first-order valence-corrected chi connectivity index (χ1v) is 9.13. The molecule has 1 aliphatic rings. The summed E-state index contributed by atoms with van der Waals surface area (Å²) in [6, 6.07) is 10.7. The van der Waals surface area contributed by atoms with E-state index in [2.05, 4.69) is 31.6 Å². The van der Waals surface area contributed by atoms with Crippen molar-refractivity contribution in [2.75, 3.05) is 25.0 Å². The van der Waals surface area contributed by atoms with E-state index in [0.717, 1.165) is 30.0 Å². The van der Waals surface area contributed by atoms with Crippen molar-refractivity contribution in [3.8, 4) is 0 Å². The molecular formula is C20H26FN5. The summed E-state index contributed by atoms with van der Waals surface area (Å²) in [5, 5.41) is 6.51. The lowest BCUT2D eigenvalue weighted by atomic mass is 10.1. The number of nitrogens with one attached hydrogen (secondary N) is 2. The molecule has 5 nitrogen and oxygen atoms in total. The van der Waals surface area contributed by atoms with Crippen LogP contribution in [0.4, 0.5) is 10.2 Å². The lowest BCUT2D eigenvalue weighted by Crippen LogP contribution is -2.36. The van der Waals surface area contributed by atoms with Gasteiger partial charge in [0.25, 0.3) is 0 Å². The second-order valence-corrected chi connectivity index (χ2v) is 6.48. The Morgan fingerprint density at radius 2 is 1.81 bits per heavy atom. The highest BCUT2D eigenvalue weighted by Crippen LogP contribution is 2.18. The zero-order chi connectivity index (χ0) is 18.2. The molecular weight excluding hydrogens is 329 g/mol. The van der Waals surface area contributed by atoms with Gasteiger partial charge in [-0.1, -0.05) is 12.1 Å². The standard InChI is InChI=1S/C20H26FN5/c1-22-20(24-14-16-6-5-7-18(21)12-16)25-15-17-8-9-23-19(13-17)26-10-3-2-4-11-26/h5-9,12-13H,2-4,10-11,14-15H2,1H3,(H2,22,24,25). The number of anilines is 1. The summed E-state index contributed by atoms with van der Waals surface area (Å²) in [4.78, 5) is 11.1. The van der Waals surface area contributed by atoms with Crippen LogP contribution in [0.25, 0.3) is 0 Å². The highest BCUT2D eigenvalue weighted by molar-refractivity contribution is 5.79. The molecule has 1 aromatic heterocycles. The summed E-state index contributed by atoms with van der Waals surface area (Å²) in [7, 11) is 1.73. The van der Waals surface area contributed by atoms with Gasteiger partial charge >= 0.3 is 0 Å². The van der Waals surface area contributed by atoms with Crippen LogP contribution in [-0.4, -0.2) is 31.1 Å². The number of benzene rings is 1. The molecule has 0 unspecified atom stereocenters. The quantitative estimate of drug-likeness (QED) is 0.639. The number of aliphatic imine (C=N–C) groups is 1. The van der Waals surface area contributed by atoms with E-state index in [1.54, 1.807) is 13.1 Å². The van der Waals surface area contributed by atoms with E-state index in [9.17, 15) is 4.39 Å². The van der Waals surface area contributed by atoms with Crippen LogP contribution < -0.4 is 15.5 Å². The van der Waals surface area contributed by atoms with Gasteiger partial charge < -0.3 is 15.5 Å². The molecule has 0 saturated carbocycles. The van der Waals surface area contributed by atoms with Crippen LogP contribution in [0.5, 0.6) is 0 Å². The van der Waals surface area contributed by atoms with E-state index in [1.807, 2.05) is 18.3 Å². The minimum atomic E-state index is -0.228. The van der Waals surface area contributed by atoms with Crippen molar-refractivity contribution in [1.82, 2.24) is 15.6 Å². The third kappa shape index (κ3) is 5.18. The number of hydrogen-bond donors (Lipinski definition) is 2. The third-order valence-corrected chi connectivity index (χ3v) is 4.52. The number of nitrogens with zero attached hydrogens (tertiary/aromatic N) is 3. The van der Waals surface area contributed by atoms with Crippen LogP contribution in [0.2, 0.25) is 0 Å². The van der Waals surface area contributed by atoms with Crippen molar-refractivity contribution in [2.24, 2.45) is 4.99 Å². The Labute approximate surface area is 154 Å². The van der Waals surface area contributed by atoms with E-state index in [0.29, 0.717) is 19.0 Å². The Bertz CT molecular complexity index is 740. The average molecular weight is 355 g/mol. The molecule has 2 N–H and O–H groups in total. The van der Waals surface area contributed by atoms with Crippen molar-refractivity contribution in [3.05, 3.63) is 59.5 Å². The number of hydrogen-bond acceptors (Lipinski definition) is 3. The van der Waals surface area contributed by atoms with Crippen molar-refractivity contribution in [1.29, 1.82) is 0 Å². The largest absolute Gasteiger partial charge is 0.357 e. The smallest absolute Gasteiger partial charge is 0.191 e. The van der Waals surface area contributed by atoms with E-state index in [-0.39, 0.29) is 5.82 Å². The number of halogens is 1. The van der Waals surface area contributed by atoms with Gasteiger partial charge in [-0.2, -0.15) is 0 Å². The van der Waals surface area contributed by atoms with Crippen molar-refractivity contribution in [3.63, 3.8) is 0 Å². The maximum absolute atomic E-state index is 13.3. The van der Waals surface area contributed by atoms with Gasteiger partial charge in [0.05, 0.1) is 0 Å². The molecule has 6 heteroatoms. The third-order valence-electron chi connectivity index (χ3n) is 4.52. The number of pyridine rings is 1. The fourth-order valence-electron chi connectivity index (χ4n) is 3.11. The summed E-state index contributed by atoms with van der Waals surface area (Å²) in [5.41, 5.74) is 2.04. The summed E-state index contributed by atoms with van der Waals surface area (Å²) < 4.78 is 13.3. The van der Waals surface area contributed by atoms with Crippen LogP contribution in [0, 0.1) is 5.82 Å². The van der Waals surface area contributed by atoms with Gasteiger partial charge in [-0.15, -0.1) is 0 Å². The SMILES string of the molecule is CN=C(NCc1cccc(F)c1)NCc1ccnc(N2CCCCC2)c1. The lowest BCUT2D eigenvalue weighted by molar-refractivity contribution is 0.573. The number of piperidine rings is 1. The van der Waals surface area contributed by atoms with Gasteiger partial charge in [-0.25, -0.2) is 9.37 Å². The Hall–Kier alpha value is -2.63. The van der Waals surface area contributed by atoms with Crippen LogP contribution in [0.1, 0.15) is 30.4 Å². The Morgan fingerprint density at radius 1 is 1.08 bits per heavy atom. The fourth-order valence-corrected chi connectivity index (χ4v) is 3.11. The molecule has 1 aliphatic heterocycles. The molecule has 0 radical (unpaired) electrons. The molecule has 1 fully saturated rings. The van der Waals surface area contributed by atoms with E-state index < -0.39 is 0 Å². The zero-order valence-corrected chi connectivity index (χ0v) is 15.2. The zero-order valence-electron chi connectivity index (χ0n) is 15.2. The monoisotopic (exact) mass is 355 g/mol. The molecule has 2 aromatic rings.